The van der Waals surface area contributed by atoms with Crippen molar-refractivity contribution in [3.05, 3.63) is 29.3 Å². The molecule has 0 amide bonds. The second-order valence-electron chi connectivity index (χ2n) is 4.33. The molecule has 0 spiro atoms. The van der Waals surface area contributed by atoms with Crippen LogP contribution in [0.25, 0.3) is 0 Å². The van der Waals surface area contributed by atoms with E-state index < -0.39 is 0 Å². The van der Waals surface area contributed by atoms with E-state index in [9.17, 15) is 4.79 Å². The van der Waals surface area contributed by atoms with Crippen molar-refractivity contribution in [2.75, 3.05) is 32.8 Å². The van der Waals surface area contributed by atoms with Gasteiger partial charge in [-0.2, -0.15) is 0 Å². The molecule has 20 heavy (non-hydrogen) atoms. The summed E-state index contributed by atoms with van der Waals surface area (Å²) in [6.07, 6.45) is 0.857. The Morgan fingerprint density at radius 1 is 1.25 bits per heavy atom. The number of esters is 1. The predicted molar refractivity (Wildman–Crippen MR) is 80.3 cm³/mol. The fraction of sp³-hybridized carbons (Fsp3) is 0.533. The van der Waals surface area contributed by atoms with E-state index in [1.165, 1.54) is 0 Å². The van der Waals surface area contributed by atoms with Crippen molar-refractivity contribution in [3.8, 4) is 5.75 Å². The van der Waals surface area contributed by atoms with Gasteiger partial charge in [0.1, 0.15) is 5.75 Å². The highest BCUT2D eigenvalue weighted by Crippen LogP contribution is 2.15. The largest absolute Gasteiger partial charge is 0.494 e. The number of nitrogens with zero attached hydrogens (tertiary/aromatic N) is 1. The first-order valence-electron chi connectivity index (χ1n) is 6.92. The Morgan fingerprint density at radius 3 is 2.55 bits per heavy atom. The van der Waals surface area contributed by atoms with Gasteiger partial charge in [0.05, 0.1) is 19.8 Å². The summed E-state index contributed by atoms with van der Waals surface area (Å²) in [5.74, 6) is 0.635. The summed E-state index contributed by atoms with van der Waals surface area (Å²) in [5.41, 5.74) is 0. The van der Waals surface area contributed by atoms with Crippen LogP contribution in [0.1, 0.15) is 20.3 Å². The Labute approximate surface area is 125 Å². The third-order valence-electron chi connectivity index (χ3n) is 2.81. The standard InChI is InChI=1S/C15H22ClNO3/c1-3-17(12-15(18)19-4-2)10-5-11-20-14-8-6-13(16)7-9-14/h6-9H,3-5,10-12H2,1-2H3. The van der Waals surface area contributed by atoms with Crippen LogP contribution in [0.3, 0.4) is 0 Å². The molecule has 1 aromatic carbocycles. The van der Waals surface area contributed by atoms with Gasteiger partial charge in [-0.25, -0.2) is 0 Å². The monoisotopic (exact) mass is 299 g/mol. The zero-order valence-electron chi connectivity index (χ0n) is 12.1. The molecular formula is C15H22ClNO3. The van der Waals surface area contributed by atoms with Crippen LogP contribution >= 0.6 is 11.6 Å². The number of hydrogen-bond donors (Lipinski definition) is 0. The maximum Gasteiger partial charge on any atom is 0.320 e. The van der Waals surface area contributed by atoms with E-state index in [4.69, 9.17) is 21.1 Å². The fourth-order valence-electron chi connectivity index (χ4n) is 1.75. The SMILES string of the molecule is CCOC(=O)CN(CC)CCCOc1ccc(Cl)cc1. The van der Waals surface area contributed by atoms with E-state index >= 15 is 0 Å². The quantitative estimate of drug-likeness (QED) is 0.519. The van der Waals surface area contributed by atoms with E-state index in [0.29, 0.717) is 24.8 Å². The van der Waals surface area contributed by atoms with E-state index in [1.807, 2.05) is 30.9 Å². The molecule has 1 rings (SSSR count). The molecule has 0 bridgehead atoms. The van der Waals surface area contributed by atoms with Crippen LogP contribution in [0.2, 0.25) is 5.02 Å². The van der Waals surface area contributed by atoms with Crippen LogP contribution in [0, 0.1) is 0 Å². The average Bonchev–Trinajstić information content (AvgIpc) is 2.44. The second-order valence-corrected chi connectivity index (χ2v) is 4.77. The van der Waals surface area contributed by atoms with E-state index in [1.54, 1.807) is 12.1 Å². The molecule has 1 aromatic rings. The van der Waals surface area contributed by atoms with Crippen LogP contribution in [-0.2, 0) is 9.53 Å². The molecule has 5 heteroatoms. The molecule has 0 aliphatic carbocycles. The van der Waals surface area contributed by atoms with E-state index in [-0.39, 0.29) is 5.97 Å². The van der Waals surface area contributed by atoms with Gasteiger partial charge in [0.15, 0.2) is 0 Å². The number of ether oxygens (including phenoxy) is 2. The molecule has 0 N–H and O–H groups in total. The summed E-state index contributed by atoms with van der Waals surface area (Å²) in [6.45, 7) is 6.85. The lowest BCUT2D eigenvalue weighted by molar-refractivity contribution is -0.144. The summed E-state index contributed by atoms with van der Waals surface area (Å²) in [4.78, 5) is 13.4. The van der Waals surface area contributed by atoms with Crippen molar-refractivity contribution in [2.45, 2.75) is 20.3 Å². The van der Waals surface area contributed by atoms with Crippen LogP contribution < -0.4 is 4.74 Å². The second kappa shape index (κ2) is 9.61. The average molecular weight is 300 g/mol. The van der Waals surface area contributed by atoms with Gasteiger partial charge in [-0.15, -0.1) is 0 Å². The molecule has 0 aliphatic rings. The van der Waals surface area contributed by atoms with Gasteiger partial charge in [0, 0.05) is 11.6 Å². The number of carbonyl (C=O) groups is 1. The Hall–Kier alpha value is -1.26. The molecule has 112 valence electrons. The van der Waals surface area contributed by atoms with Crippen LogP contribution in [0.15, 0.2) is 24.3 Å². The predicted octanol–water partition coefficient (Wildman–Crippen LogP) is 2.99. The maximum atomic E-state index is 11.4. The van der Waals surface area contributed by atoms with Gasteiger partial charge >= 0.3 is 5.97 Å². The summed E-state index contributed by atoms with van der Waals surface area (Å²) >= 11 is 5.80. The van der Waals surface area contributed by atoms with Crippen molar-refractivity contribution < 1.29 is 14.3 Å². The third kappa shape index (κ3) is 6.78. The number of carbonyl (C=O) groups excluding carboxylic acids is 1. The van der Waals surface area contributed by atoms with E-state index in [2.05, 4.69) is 0 Å². The fourth-order valence-corrected chi connectivity index (χ4v) is 1.87. The Bertz CT molecular complexity index is 395. The first-order valence-corrected chi connectivity index (χ1v) is 7.29. The Morgan fingerprint density at radius 2 is 1.95 bits per heavy atom. The summed E-state index contributed by atoms with van der Waals surface area (Å²) in [7, 11) is 0. The minimum absolute atomic E-state index is 0.173. The van der Waals surface area contributed by atoms with Crippen LogP contribution in [0.4, 0.5) is 0 Å². The summed E-state index contributed by atoms with van der Waals surface area (Å²) in [5, 5.41) is 0.698. The first kappa shape index (κ1) is 16.8. The first-order chi connectivity index (χ1) is 9.65. The molecule has 0 saturated carbocycles. The molecule has 0 unspecified atom stereocenters. The van der Waals surface area contributed by atoms with Gasteiger partial charge in [-0.1, -0.05) is 18.5 Å². The zero-order chi connectivity index (χ0) is 14.8. The van der Waals surface area contributed by atoms with Crippen LogP contribution in [-0.4, -0.2) is 43.7 Å². The number of benzene rings is 1. The molecule has 0 saturated heterocycles. The molecule has 0 radical (unpaired) electrons. The van der Waals surface area contributed by atoms with E-state index in [0.717, 1.165) is 25.3 Å². The van der Waals surface area contributed by atoms with Crippen molar-refractivity contribution in [2.24, 2.45) is 0 Å². The number of halogens is 1. The number of hydrogen-bond acceptors (Lipinski definition) is 4. The molecular weight excluding hydrogens is 278 g/mol. The van der Waals surface area contributed by atoms with Gasteiger partial charge in [-0.3, -0.25) is 9.69 Å². The Balaban J connectivity index is 2.21. The van der Waals surface area contributed by atoms with Gasteiger partial charge in [0.2, 0.25) is 0 Å². The molecule has 0 aliphatic heterocycles. The zero-order valence-corrected chi connectivity index (χ0v) is 12.9. The summed E-state index contributed by atoms with van der Waals surface area (Å²) < 4.78 is 10.5. The molecule has 0 aromatic heterocycles. The third-order valence-corrected chi connectivity index (χ3v) is 3.06. The minimum atomic E-state index is -0.173. The summed E-state index contributed by atoms with van der Waals surface area (Å²) in [6, 6.07) is 7.29. The highest BCUT2D eigenvalue weighted by Gasteiger charge is 2.09. The molecule has 0 atom stereocenters. The maximum absolute atomic E-state index is 11.4. The lowest BCUT2D eigenvalue weighted by Gasteiger charge is -2.19. The normalized spacial score (nSPS) is 10.6. The molecule has 0 fully saturated rings. The Kier molecular flexibility index (Phi) is 8.07. The topological polar surface area (TPSA) is 38.8 Å². The lowest BCUT2D eigenvalue weighted by atomic mass is 10.3. The molecule has 0 heterocycles. The minimum Gasteiger partial charge on any atom is -0.494 e. The molecule has 4 nitrogen and oxygen atoms in total. The van der Waals surface area contributed by atoms with Crippen molar-refractivity contribution in [1.29, 1.82) is 0 Å². The van der Waals surface area contributed by atoms with Crippen LogP contribution in [0.5, 0.6) is 5.75 Å². The van der Waals surface area contributed by atoms with Crippen molar-refractivity contribution in [3.63, 3.8) is 0 Å². The number of likely N-dealkylation sites (N-methyl/N-ethyl adjacent to an activating group) is 1. The highest BCUT2D eigenvalue weighted by molar-refractivity contribution is 6.30. The highest BCUT2D eigenvalue weighted by atomic mass is 35.5. The van der Waals surface area contributed by atoms with Gasteiger partial charge in [0.25, 0.3) is 0 Å². The van der Waals surface area contributed by atoms with Gasteiger partial charge in [-0.05, 0) is 44.2 Å². The lowest BCUT2D eigenvalue weighted by Crippen LogP contribution is -2.32. The van der Waals surface area contributed by atoms with Gasteiger partial charge < -0.3 is 9.47 Å². The van der Waals surface area contributed by atoms with Crippen molar-refractivity contribution >= 4 is 17.6 Å². The number of rotatable bonds is 9. The smallest absolute Gasteiger partial charge is 0.320 e. The van der Waals surface area contributed by atoms with Crippen molar-refractivity contribution in [1.82, 2.24) is 4.90 Å².